The highest BCUT2D eigenvalue weighted by Gasteiger charge is 2.24. The largest absolute Gasteiger partial charge is 0.365 e. The molecule has 0 radical (unpaired) electrons. The number of hydrogen-bond donors (Lipinski definition) is 1. The number of carbonyl (C=O) groups excluding carboxylic acids is 1. The zero-order chi connectivity index (χ0) is 13.1. The van der Waals surface area contributed by atoms with Gasteiger partial charge in [0.1, 0.15) is 0 Å². The molecule has 1 amide bonds. The van der Waals surface area contributed by atoms with E-state index in [-0.39, 0.29) is 17.8 Å². The molecule has 0 aliphatic carbocycles. The quantitative estimate of drug-likeness (QED) is 0.654. The Morgan fingerprint density at radius 3 is 2.89 bits per heavy atom. The fourth-order valence-electron chi connectivity index (χ4n) is 2.11. The van der Waals surface area contributed by atoms with E-state index in [9.17, 15) is 14.9 Å². The molecule has 0 bridgehead atoms. The van der Waals surface area contributed by atoms with Crippen LogP contribution in [0.5, 0.6) is 0 Å². The minimum Gasteiger partial charge on any atom is -0.365 e. The second-order valence-electron chi connectivity index (χ2n) is 4.32. The normalized spacial score (nSPS) is 16.7. The van der Waals surface area contributed by atoms with Crippen LogP contribution in [-0.2, 0) is 4.79 Å². The number of nitro groups is 1. The SMILES string of the molecule is C[C@H](Nc1cccc([N+](=O)[O-])c1)N1CCCC1=O. The van der Waals surface area contributed by atoms with E-state index in [2.05, 4.69) is 5.32 Å². The van der Waals surface area contributed by atoms with Crippen molar-refractivity contribution in [3.05, 3.63) is 34.4 Å². The number of carbonyl (C=O) groups is 1. The summed E-state index contributed by atoms with van der Waals surface area (Å²) in [5, 5.41) is 13.8. The zero-order valence-corrected chi connectivity index (χ0v) is 10.1. The van der Waals surface area contributed by atoms with E-state index in [0.29, 0.717) is 12.1 Å². The Bertz CT molecular complexity index is 475. The molecule has 0 unspecified atom stereocenters. The number of rotatable bonds is 4. The van der Waals surface area contributed by atoms with E-state index in [0.717, 1.165) is 13.0 Å². The summed E-state index contributed by atoms with van der Waals surface area (Å²) in [6, 6.07) is 6.29. The van der Waals surface area contributed by atoms with Gasteiger partial charge in [0.15, 0.2) is 0 Å². The summed E-state index contributed by atoms with van der Waals surface area (Å²) < 4.78 is 0. The topological polar surface area (TPSA) is 75.5 Å². The van der Waals surface area contributed by atoms with Gasteiger partial charge in [-0.25, -0.2) is 0 Å². The lowest BCUT2D eigenvalue weighted by atomic mass is 10.2. The molecule has 1 aliphatic heterocycles. The number of hydrogen-bond acceptors (Lipinski definition) is 4. The van der Waals surface area contributed by atoms with Crippen molar-refractivity contribution in [2.24, 2.45) is 0 Å². The monoisotopic (exact) mass is 249 g/mol. The molecule has 1 aromatic carbocycles. The first-order chi connectivity index (χ1) is 8.58. The number of anilines is 1. The van der Waals surface area contributed by atoms with E-state index in [4.69, 9.17) is 0 Å². The average Bonchev–Trinajstić information content (AvgIpc) is 2.76. The van der Waals surface area contributed by atoms with Gasteiger partial charge < -0.3 is 10.2 Å². The van der Waals surface area contributed by atoms with E-state index in [1.807, 2.05) is 6.92 Å². The average molecular weight is 249 g/mol. The smallest absolute Gasteiger partial charge is 0.271 e. The van der Waals surface area contributed by atoms with Crippen molar-refractivity contribution in [2.75, 3.05) is 11.9 Å². The summed E-state index contributed by atoms with van der Waals surface area (Å²) in [4.78, 5) is 23.5. The van der Waals surface area contributed by atoms with Crippen LogP contribution in [0, 0.1) is 10.1 Å². The molecular formula is C12H15N3O3. The fraction of sp³-hybridized carbons (Fsp3) is 0.417. The maximum Gasteiger partial charge on any atom is 0.271 e. The molecule has 1 saturated heterocycles. The maximum absolute atomic E-state index is 11.6. The van der Waals surface area contributed by atoms with Crippen LogP contribution in [-0.4, -0.2) is 28.4 Å². The fourth-order valence-corrected chi connectivity index (χ4v) is 2.11. The van der Waals surface area contributed by atoms with Crippen molar-refractivity contribution >= 4 is 17.3 Å². The summed E-state index contributed by atoms with van der Waals surface area (Å²) in [6.07, 6.45) is 1.31. The number of amides is 1. The Hall–Kier alpha value is -2.11. The summed E-state index contributed by atoms with van der Waals surface area (Å²) in [5.41, 5.74) is 0.691. The van der Waals surface area contributed by atoms with Gasteiger partial charge in [0, 0.05) is 30.8 Å². The van der Waals surface area contributed by atoms with Crippen LogP contribution in [0.2, 0.25) is 0 Å². The molecule has 1 aromatic rings. The molecule has 1 aliphatic rings. The standard InChI is InChI=1S/C12H15N3O3/c1-9(14-7-3-6-12(14)16)13-10-4-2-5-11(8-10)15(17)18/h2,4-5,8-9,13H,3,6-7H2,1H3/t9-/m1/s1. The Morgan fingerprint density at radius 1 is 1.50 bits per heavy atom. The highest BCUT2D eigenvalue weighted by molar-refractivity contribution is 5.78. The minimum atomic E-state index is -0.434. The van der Waals surface area contributed by atoms with E-state index in [1.54, 1.807) is 17.0 Å². The molecule has 1 fully saturated rings. The molecule has 0 aromatic heterocycles. The number of benzene rings is 1. The van der Waals surface area contributed by atoms with Crippen LogP contribution in [0.15, 0.2) is 24.3 Å². The second-order valence-corrected chi connectivity index (χ2v) is 4.32. The molecule has 0 saturated carbocycles. The van der Waals surface area contributed by atoms with Gasteiger partial charge in [0.25, 0.3) is 5.69 Å². The number of nitrogens with zero attached hydrogens (tertiary/aromatic N) is 2. The van der Waals surface area contributed by atoms with E-state index < -0.39 is 4.92 Å². The molecule has 6 heteroatoms. The number of nitrogens with one attached hydrogen (secondary N) is 1. The third-order valence-corrected chi connectivity index (χ3v) is 3.01. The third kappa shape index (κ3) is 2.58. The lowest BCUT2D eigenvalue weighted by Gasteiger charge is -2.25. The van der Waals surface area contributed by atoms with Crippen LogP contribution in [0.25, 0.3) is 0 Å². The lowest BCUT2D eigenvalue weighted by molar-refractivity contribution is -0.384. The molecular weight excluding hydrogens is 234 g/mol. The molecule has 0 spiro atoms. The summed E-state index contributed by atoms with van der Waals surface area (Å²) in [6.45, 7) is 2.62. The zero-order valence-electron chi connectivity index (χ0n) is 10.1. The first-order valence-electron chi connectivity index (χ1n) is 5.88. The van der Waals surface area contributed by atoms with Gasteiger partial charge >= 0.3 is 0 Å². The van der Waals surface area contributed by atoms with Gasteiger partial charge in [0.05, 0.1) is 11.1 Å². The lowest BCUT2D eigenvalue weighted by Crippen LogP contribution is -2.39. The molecule has 1 N–H and O–H groups in total. The van der Waals surface area contributed by atoms with Crippen molar-refractivity contribution in [2.45, 2.75) is 25.9 Å². The van der Waals surface area contributed by atoms with Gasteiger partial charge in [0.2, 0.25) is 5.91 Å². The first kappa shape index (κ1) is 12.3. The molecule has 2 rings (SSSR count). The van der Waals surface area contributed by atoms with Crippen molar-refractivity contribution in [3.8, 4) is 0 Å². The van der Waals surface area contributed by atoms with E-state index in [1.165, 1.54) is 12.1 Å². The summed E-state index contributed by atoms with van der Waals surface area (Å²) in [7, 11) is 0. The Morgan fingerprint density at radius 2 is 2.28 bits per heavy atom. The van der Waals surface area contributed by atoms with Crippen LogP contribution in [0.1, 0.15) is 19.8 Å². The Kier molecular flexibility index (Phi) is 3.45. The Balaban J connectivity index is 2.06. The van der Waals surface area contributed by atoms with Crippen molar-refractivity contribution in [3.63, 3.8) is 0 Å². The number of non-ortho nitro benzene ring substituents is 1. The Labute approximate surface area is 105 Å². The molecule has 1 heterocycles. The molecule has 6 nitrogen and oxygen atoms in total. The van der Waals surface area contributed by atoms with Crippen molar-refractivity contribution in [1.29, 1.82) is 0 Å². The van der Waals surface area contributed by atoms with Crippen LogP contribution < -0.4 is 5.32 Å². The first-order valence-corrected chi connectivity index (χ1v) is 5.88. The highest BCUT2D eigenvalue weighted by atomic mass is 16.6. The van der Waals surface area contributed by atoms with Gasteiger partial charge in [-0.3, -0.25) is 14.9 Å². The third-order valence-electron chi connectivity index (χ3n) is 3.01. The summed E-state index contributed by atoms with van der Waals surface area (Å²) in [5.74, 6) is 0.125. The highest BCUT2D eigenvalue weighted by Crippen LogP contribution is 2.20. The van der Waals surface area contributed by atoms with Gasteiger partial charge in [-0.2, -0.15) is 0 Å². The van der Waals surface area contributed by atoms with Crippen LogP contribution in [0.3, 0.4) is 0 Å². The minimum absolute atomic E-state index is 0.0416. The molecule has 96 valence electrons. The van der Waals surface area contributed by atoms with Crippen LogP contribution >= 0.6 is 0 Å². The predicted molar refractivity (Wildman–Crippen MR) is 67.1 cm³/mol. The summed E-state index contributed by atoms with van der Waals surface area (Å²) >= 11 is 0. The maximum atomic E-state index is 11.6. The van der Waals surface area contributed by atoms with Crippen molar-refractivity contribution < 1.29 is 9.72 Å². The van der Waals surface area contributed by atoms with Gasteiger partial charge in [-0.05, 0) is 19.4 Å². The molecule has 18 heavy (non-hydrogen) atoms. The number of nitro benzene ring substituents is 1. The number of likely N-dealkylation sites (tertiary alicyclic amines) is 1. The second kappa shape index (κ2) is 5.03. The molecule has 1 atom stereocenters. The predicted octanol–water partition coefficient (Wildman–Crippen LogP) is 1.98. The van der Waals surface area contributed by atoms with E-state index >= 15 is 0 Å². The van der Waals surface area contributed by atoms with Gasteiger partial charge in [-0.1, -0.05) is 6.07 Å². The van der Waals surface area contributed by atoms with Gasteiger partial charge in [-0.15, -0.1) is 0 Å². The van der Waals surface area contributed by atoms with Crippen LogP contribution in [0.4, 0.5) is 11.4 Å². The van der Waals surface area contributed by atoms with Crippen molar-refractivity contribution in [1.82, 2.24) is 4.90 Å².